The van der Waals surface area contributed by atoms with E-state index in [4.69, 9.17) is 5.73 Å². The van der Waals surface area contributed by atoms with Crippen molar-refractivity contribution in [2.75, 3.05) is 0 Å². The lowest BCUT2D eigenvalue weighted by Crippen LogP contribution is -2.10. The standard InChI is InChI=1S/C12H15N3/c1-10-8-14-12(7-13)15(10)9-11-5-3-2-4-6-11/h2-6,8H,7,9,13H2,1H3. The quantitative estimate of drug-likeness (QED) is 0.821. The monoisotopic (exact) mass is 201 g/mol. The Bertz CT molecular complexity index is 431. The number of aryl methyl sites for hydroxylation is 1. The molecule has 3 heteroatoms. The van der Waals surface area contributed by atoms with Crippen molar-refractivity contribution in [1.29, 1.82) is 0 Å². The van der Waals surface area contributed by atoms with E-state index in [0.29, 0.717) is 6.54 Å². The zero-order chi connectivity index (χ0) is 10.7. The maximum atomic E-state index is 5.63. The molecule has 0 atom stereocenters. The van der Waals surface area contributed by atoms with Gasteiger partial charge in [-0.1, -0.05) is 30.3 Å². The minimum absolute atomic E-state index is 0.487. The highest BCUT2D eigenvalue weighted by Crippen LogP contribution is 2.08. The molecule has 0 amide bonds. The van der Waals surface area contributed by atoms with Crippen molar-refractivity contribution >= 4 is 0 Å². The molecule has 3 nitrogen and oxygen atoms in total. The summed E-state index contributed by atoms with van der Waals surface area (Å²) in [5.41, 5.74) is 8.06. The van der Waals surface area contributed by atoms with Gasteiger partial charge in [-0.05, 0) is 12.5 Å². The average molecular weight is 201 g/mol. The minimum atomic E-state index is 0.487. The topological polar surface area (TPSA) is 43.8 Å². The van der Waals surface area contributed by atoms with Crippen LogP contribution in [0.2, 0.25) is 0 Å². The SMILES string of the molecule is Cc1cnc(CN)n1Cc1ccccc1. The highest BCUT2D eigenvalue weighted by molar-refractivity contribution is 5.17. The summed E-state index contributed by atoms with van der Waals surface area (Å²) in [6.45, 7) is 3.38. The number of hydrogen-bond donors (Lipinski definition) is 1. The molecule has 0 unspecified atom stereocenters. The maximum absolute atomic E-state index is 5.63. The molecule has 2 aromatic rings. The predicted octanol–water partition coefficient (Wildman–Crippen LogP) is 1.70. The molecule has 2 N–H and O–H groups in total. The van der Waals surface area contributed by atoms with E-state index in [-0.39, 0.29) is 0 Å². The van der Waals surface area contributed by atoms with E-state index in [0.717, 1.165) is 18.1 Å². The lowest BCUT2D eigenvalue weighted by Gasteiger charge is -2.08. The minimum Gasteiger partial charge on any atom is -0.327 e. The molecular formula is C12H15N3. The van der Waals surface area contributed by atoms with Gasteiger partial charge in [-0.3, -0.25) is 0 Å². The molecule has 78 valence electrons. The van der Waals surface area contributed by atoms with Crippen LogP contribution in [0.15, 0.2) is 36.5 Å². The largest absolute Gasteiger partial charge is 0.327 e. The second kappa shape index (κ2) is 4.28. The van der Waals surface area contributed by atoms with E-state index < -0.39 is 0 Å². The Balaban J connectivity index is 2.27. The summed E-state index contributed by atoms with van der Waals surface area (Å²) in [4.78, 5) is 4.27. The van der Waals surface area contributed by atoms with E-state index in [2.05, 4.69) is 28.6 Å². The summed E-state index contributed by atoms with van der Waals surface area (Å²) in [5, 5.41) is 0. The molecule has 0 aliphatic carbocycles. The first-order valence-electron chi connectivity index (χ1n) is 5.06. The van der Waals surface area contributed by atoms with E-state index in [1.165, 1.54) is 5.56 Å². The van der Waals surface area contributed by atoms with Crippen molar-refractivity contribution in [2.45, 2.75) is 20.0 Å². The number of nitrogens with two attached hydrogens (primary N) is 1. The van der Waals surface area contributed by atoms with Gasteiger partial charge in [0, 0.05) is 18.4 Å². The summed E-state index contributed by atoms with van der Waals surface area (Å²) in [6, 6.07) is 10.3. The summed E-state index contributed by atoms with van der Waals surface area (Å²) in [6.07, 6.45) is 1.87. The lowest BCUT2D eigenvalue weighted by atomic mass is 10.2. The zero-order valence-corrected chi connectivity index (χ0v) is 8.85. The number of benzene rings is 1. The van der Waals surface area contributed by atoms with E-state index in [1.54, 1.807) is 0 Å². The van der Waals surface area contributed by atoms with Gasteiger partial charge in [0.25, 0.3) is 0 Å². The van der Waals surface area contributed by atoms with Crippen molar-refractivity contribution in [3.05, 3.63) is 53.6 Å². The normalized spacial score (nSPS) is 10.5. The van der Waals surface area contributed by atoms with Gasteiger partial charge in [0.1, 0.15) is 5.82 Å². The van der Waals surface area contributed by atoms with Crippen LogP contribution in [-0.2, 0) is 13.1 Å². The molecule has 0 aliphatic rings. The highest BCUT2D eigenvalue weighted by Gasteiger charge is 2.04. The third-order valence-corrected chi connectivity index (χ3v) is 2.50. The zero-order valence-electron chi connectivity index (χ0n) is 8.85. The first-order chi connectivity index (χ1) is 7.31. The van der Waals surface area contributed by atoms with Crippen molar-refractivity contribution in [1.82, 2.24) is 9.55 Å². The predicted molar refractivity (Wildman–Crippen MR) is 60.4 cm³/mol. The molecule has 0 saturated heterocycles. The van der Waals surface area contributed by atoms with Gasteiger partial charge in [0.2, 0.25) is 0 Å². The Morgan fingerprint density at radius 3 is 2.67 bits per heavy atom. The number of imidazole rings is 1. The summed E-state index contributed by atoms with van der Waals surface area (Å²) >= 11 is 0. The van der Waals surface area contributed by atoms with E-state index in [9.17, 15) is 0 Å². The Morgan fingerprint density at radius 1 is 1.27 bits per heavy atom. The van der Waals surface area contributed by atoms with Crippen LogP contribution in [0, 0.1) is 6.92 Å². The molecule has 0 saturated carbocycles. The average Bonchev–Trinajstić information content (AvgIpc) is 2.62. The van der Waals surface area contributed by atoms with Crippen LogP contribution >= 0.6 is 0 Å². The van der Waals surface area contributed by atoms with Gasteiger partial charge in [0.15, 0.2) is 0 Å². The molecule has 1 heterocycles. The van der Waals surface area contributed by atoms with Gasteiger partial charge in [0.05, 0.1) is 6.54 Å². The van der Waals surface area contributed by atoms with Gasteiger partial charge in [-0.2, -0.15) is 0 Å². The fourth-order valence-electron chi connectivity index (χ4n) is 1.66. The van der Waals surface area contributed by atoms with Crippen LogP contribution in [0.1, 0.15) is 17.1 Å². The first kappa shape index (κ1) is 9.93. The van der Waals surface area contributed by atoms with Gasteiger partial charge in [-0.25, -0.2) is 4.98 Å². The second-order valence-electron chi connectivity index (χ2n) is 3.59. The molecule has 15 heavy (non-hydrogen) atoms. The molecule has 0 fully saturated rings. The lowest BCUT2D eigenvalue weighted by molar-refractivity contribution is 0.705. The van der Waals surface area contributed by atoms with Crippen LogP contribution in [0.3, 0.4) is 0 Å². The first-order valence-corrected chi connectivity index (χ1v) is 5.06. The van der Waals surface area contributed by atoms with Crippen LogP contribution in [0.4, 0.5) is 0 Å². The summed E-state index contributed by atoms with van der Waals surface area (Å²) < 4.78 is 2.15. The Kier molecular flexibility index (Phi) is 2.83. The Labute approximate surface area is 89.6 Å². The van der Waals surface area contributed by atoms with Gasteiger partial charge >= 0.3 is 0 Å². The molecular weight excluding hydrogens is 186 g/mol. The van der Waals surface area contributed by atoms with Crippen molar-refractivity contribution < 1.29 is 0 Å². The Morgan fingerprint density at radius 2 is 2.00 bits per heavy atom. The molecule has 0 spiro atoms. The molecule has 2 rings (SSSR count). The maximum Gasteiger partial charge on any atom is 0.122 e. The summed E-state index contributed by atoms with van der Waals surface area (Å²) in [7, 11) is 0. The van der Waals surface area contributed by atoms with Crippen molar-refractivity contribution in [3.63, 3.8) is 0 Å². The van der Waals surface area contributed by atoms with Gasteiger partial charge in [-0.15, -0.1) is 0 Å². The second-order valence-corrected chi connectivity index (χ2v) is 3.59. The van der Waals surface area contributed by atoms with Crippen molar-refractivity contribution in [3.8, 4) is 0 Å². The van der Waals surface area contributed by atoms with Crippen LogP contribution in [-0.4, -0.2) is 9.55 Å². The number of hydrogen-bond acceptors (Lipinski definition) is 2. The number of nitrogens with zero attached hydrogens (tertiary/aromatic N) is 2. The molecule has 1 aromatic heterocycles. The fourth-order valence-corrected chi connectivity index (χ4v) is 1.66. The molecule has 0 radical (unpaired) electrons. The smallest absolute Gasteiger partial charge is 0.122 e. The van der Waals surface area contributed by atoms with Crippen molar-refractivity contribution in [2.24, 2.45) is 5.73 Å². The van der Waals surface area contributed by atoms with Crippen LogP contribution in [0.5, 0.6) is 0 Å². The van der Waals surface area contributed by atoms with Gasteiger partial charge < -0.3 is 10.3 Å². The highest BCUT2D eigenvalue weighted by atomic mass is 15.1. The van der Waals surface area contributed by atoms with E-state index >= 15 is 0 Å². The van der Waals surface area contributed by atoms with E-state index in [1.807, 2.05) is 24.4 Å². The molecule has 0 bridgehead atoms. The third kappa shape index (κ3) is 2.07. The number of rotatable bonds is 3. The molecule has 0 aliphatic heterocycles. The fraction of sp³-hybridized carbons (Fsp3) is 0.250. The van der Waals surface area contributed by atoms with Crippen LogP contribution in [0.25, 0.3) is 0 Å². The summed E-state index contributed by atoms with van der Waals surface area (Å²) in [5.74, 6) is 0.941. The Hall–Kier alpha value is -1.61. The molecule has 1 aromatic carbocycles. The number of aromatic nitrogens is 2. The third-order valence-electron chi connectivity index (χ3n) is 2.50. The van der Waals surface area contributed by atoms with Crippen LogP contribution < -0.4 is 5.73 Å².